The van der Waals surface area contributed by atoms with Gasteiger partial charge in [-0.05, 0) is 18.2 Å². The number of benzene rings is 1. The standard InChI is InChI=1S/C12H17ClN2O2/c1-16-12-3-2-9(13)6-11(12)15-7-10-8-17-5-4-14-10/h2-3,6,10,14-15H,4-5,7-8H2,1H3. The third-order valence-electron chi connectivity index (χ3n) is 2.70. The average molecular weight is 257 g/mol. The first-order valence-corrected chi connectivity index (χ1v) is 6.06. The molecule has 4 nitrogen and oxygen atoms in total. The molecule has 1 fully saturated rings. The summed E-state index contributed by atoms with van der Waals surface area (Å²) in [4.78, 5) is 0. The summed E-state index contributed by atoms with van der Waals surface area (Å²) >= 11 is 5.96. The quantitative estimate of drug-likeness (QED) is 0.861. The third-order valence-corrected chi connectivity index (χ3v) is 2.93. The van der Waals surface area contributed by atoms with E-state index in [1.807, 2.05) is 18.2 Å². The molecule has 2 rings (SSSR count). The van der Waals surface area contributed by atoms with Gasteiger partial charge >= 0.3 is 0 Å². The van der Waals surface area contributed by atoms with Crippen LogP contribution in [-0.2, 0) is 4.74 Å². The maximum absolute atomic E-state index is 5.96. The molecule has 0 aromatic heterocycles. The Kier molecular flexibility index (Phi) is 4.48. The van der Waals surface area contributed by atoms with Crippen molar-refractivity contribution in [3.63, 3.8) is 0 Å². The van der Waals surface area contributed by atoms with Gasteiger partial charge in [0.25, 0.3) is 0 Å². The van der Waals surface area contributed by atoms with E-state index in [9.17, 15) is 0 Å². The van der Waals surface area contributed by atoms with Crippen molar-refractivity contribution in [2.45, 2.75) is 6.04 Å². The molecule has 5 heteroatoms. The molecule has 0 saturated carbocycles. The van der Waals surface area contributed by atoms with Crippen LogP contribution in [0.25, 0.3) is 0 Å². The van der Waals surface area contributed by atoms with Gasteiger partial charge in [0, 0.05) is 24.2 Å². The second-order valence-corrected chi connectivity index (χ2v) is 4.39. The first-order chi connectivity index (χ1) is 8.29. The van der Waals surface area contributed by atoms with Gasteiger partial charge in [-0.15, -0.1) is 0 Å². The molecule has 1 aliphatic heterocycles. The largest absolute Gasteiger partial charge is 0.495 e. The number of morpholine rings is 1. The fourth-order valence-corrected chi connectivity index (χ4v) is 1.97. The number of ether oxygens (including phenoxy) is 2. The molecule has 1 saturated heterocycles. The van der Waals surface area contributed by atoms with Crippen LogP contribution < -0.4 is 15.4 Å². The van der Waals surface area contributed by atoms with E-state index in [1.54, 1.807) is 7.11 Å². The Hall–Kier alpha value is -0.970. The van der Waals surface area contributed by atoms with Crippen molar-refractivity contribution in [3.8, 4) is 5.75 Å². The van der Waals surface area contributed by atoms with Crippen LogP contribution >= 0.6 is 11.6 Å². The minimum absolute atomic E-state index is 0.326. The van der Waals surface area contributed by atoms with Gasteiger partial charge in [0.05, 0.1) is 26.0 Å². The fourth-order valence-electron chi connectivity index (χ4n) is 1.80. The van der Waals surface area contributed by atoms with Crippen molar-refractivity contribution in [2.24, 2.45) is 0 Å². The first-order valence-electron chi connectivity index (χ1n) is 5.68. The van der Waals surface area contributed by atoms with Crippen molar-refractivity contribution in [1.29, 1.82) is 0 Å². The molecule has 1 atom stereocenters. The molecule has 0 radical (unpaired) electrons. The van der Waals surface area contributed by atoms with E-state index in [0.29, 0.717) is 11.1 Å². The number of hydrogen-bond donors (Lipinski definition) is 2. The monoisotopic (exact) mass is 256 g/mol. The molecular formula is C12H17ClN2O2. The minimum atomic E-state index is 0.326. The van der Waals surface area contributed by atoms with E-state index in [1.165, 1.54) is 0 Å². The summed E-state index contributed by atoms with van der Waals surface area (Å²) < 4.78 is 10.7. The Morgan fingerprint density at radius 3 is 3.18 bits per heavy atom. The molecule has 0 aliphatic carbocycles. The second kappa shape index (κ2) is 6.10. The summed E-state index contributed by atoms with van der Waals surface area (Å²) in [6, 6.07) is 5.86. The van der Waals surface area contributed by atoms with Gasteiger partial charge in [-0.3, -0.25) is 0 Å². The molecule has 2 N–H and O–H groups in total. The zero-order chi connectivity index (χ0) is 12.1. The summed E-state index contributed by atoms with van der Waals surface area (Å²) in [5, 5.41) is 7.40. The lowest BCUT2D eigenvalue weighted by atomic mass is 10.2. The zero-order valence-corrected chi connectivity index (χ0v) is 10.6. The van der Waals surface area contributed by atoms with Crippen molar-refractivity contribution in [1.82, 2.24) is 5.32 Å². The second-order valence-electron chi connectivity index (χ2n) is 3.95. The highest BCUT2D eigenvalue weighted by molar-refractivity contribution is 6.30. The maximum atomic E-state index is 5.96. The molecule has 1 unspecified atom stereocenters. The summed E-state index contributed by atoms with van der Waals surface area (Å²) in [6.07, 6.45) is 0. The lowest BCUT2D eigenvalue weighted by Crippen LogP contribution is -2.45. The number of methoxy groups -OCH3 is 1. The van der Waals surface area contributed by atoms with Crippen LogP contribution in [0.15, 0.2) is 18.2 Å². The molecule has 1 aromatic carbocycles. The number of halogens is 1. The van der Waals surface area contributed by atoms with Crippen molar-refractivity contribution >= 4 is 17.3 Å². The molecule has 17 heavy (non-hydrogen) atoms. The Morgan fingerprint density at radius 1 is 1.59 bits per heavy atom. The van der Waals surface area contributed by atoms with E-state index in [2.05, 4.69) is 10.6 Å². The van der Waals surface area contributed by atoms with Crippen LogP contribution in [0.3, 0.4) is 0 Å². The number of rotatable bonds is 4. The van der Waals surface area contributed by atoms with Gasteiger partial charge in [0.15, 0.2) is 0 Å². The van der Waals surface area contributed by atoms with E-state index >= 15 is 0 Å². The fraction of sp³-hybridized carbons (Fsp3) is 0.500. The van der Waals surface area contributed by atoms with Gasteiger partial charge in [-0.1, -0.05) is 11.6 Å². The molecule has 0 spiro atoms. The van der Waals surface area contributed by atoms with Gasteiger partial charge in [-0.25, -0.2) is 0 Å². The van der Waals surface area contributed by atoms with E-state index < -0.39 is 0 Å². The minimum Gasteiger partial charge on any atom is -0.495 e. The highest BCUT2D eigenvalue weighted by atomic mass is 35.5. The molecule has 1 aliphatic rings. The van der Waals surface area contributed by atoms with Crippen LogP contribution in [0.2, 0.25) is 5.02 Å². The van der Waals surface area contributed by atoms with Crippen molar-refractivity contribution < 1.29 is 9.47 Å². The molecular weight excluding hydrogens is 240 g/mol. The van der Waals surface area contributed by atoms with Crippen molar-refractivity contribution in [2.75, 3.05) is 38.7 Å². The number of nitrogens with one attached hydrogen (secondary N) is 2. The predicted molar refractivity (Wildman–Crippen MR) is 69.1 cm³/mol. The summed E-state index contributed by atoms with van der Waals surface area (Å²) in [6.45, 7) is 3.21. The predicted octanol–water partition coefficient (Wildman–Crippen LogP) is 1.75. The Balaban J connectivity index is 1.95. The molecule has 1 heterocycles. The Bertz CT molecular complexity index is 368. The Morgan fingerprint density at radius 2 is 2.47 bits per heavy atom. The number of anilines is 1. The highest BCUT2D eigenvalue weighted by Crippen LogP contribution is 2.27. The Labute approximate surface area is 106 Å². The zero-order valence-electron chi connectivity index (χ0n) is 9.83. The molecule has 0 amide bonds. The topological polar surface area (TPSA) is 42.5 Å². The van der Waals surface area contributed by atoms with Crippen LogP contribution in [-0.4, -0.2) is 39.5 Å². The van der Waals surface area contributed by atoms with Crippen LogP contribution in [0.1, 0.15) is 0 Å². The normalized spacial score (nSPS) is 20.0. The van der Waals surface area contributed by atoms with Crippen LogP contribution in [0, 0.1) is 0 Å². The van der Waals surface area contributed by atoms with Gasteiger partial charge in [0.1, 0.15) is 5.75 Å². The smallest absolute Gasteiger partial charge is 0.142 e. The number of hydrogen-bond acceptors (Lipinski definition) is 4. The molecule has 1 aromatic rings. The van der Waals surface area contributed by atoms with Gasteiger partial charge in [0.2, 0.25) is 0 Å². The van der Waals surface area contributed by atoms with E-state index in [4.69, 9.17) is 21.1 Å². The van der Waals surface area contributed by atoms with Crippen LogP contribution in [0.5, 0.6) is 5.75 Å². The third kappa shape index (κ3) is 3.49. The first kappa shape index (κ1) is 12.5. The lowest BCUT2D eigenvalue weighted by Gasteiger charge is -2.24. The van der Waals surface area contributed by atoms with E-state index in [-0.39, 0.29) is 0 Å². The lowest BCUT2D eigenvalue weighted by molar-refractivity contribution is 0.0806. The highest BCUT2D eigenvalue weighted by Gasteiger charge is 2.13. The van der Waals surface area contributed by atoms with Crippen molar-refractivity contribution in [3.05, 3.63) is 23.2 Å². The molecule has 94 valence electrons. The summed E-state index contributed by atoms with van der Waals surface area (Å²) in [5.74, 6) is 0.797. The maximum Gasteiger partial charge on any atom is 0.142 e. The summed E-state index contributed by atoms with van der Waals surface area (Å²) in [5.41, 5.74) is 0.910. The van der Waals surface area contributed by atoms with Crippen LogP contribution in [0.4, 0.5) is 5.69 Å². The average Bonchev–Trinajstić information content (AvgIpc) is 2.38. The SMILES string of the molecule is COc1ccc(Cl)cc1NCC1COCCN1. The molecule has 0 bridgehead atoms. The van der Waals surface area contributed by atoms with Gasteiger partial charge < -0.3 is 20.1 Å². The summed E-state index contributed by atoms with van der Waals surface area (Å²) in [7, 11) is 1.65. The van der Waals surface area contributed by atoms with Gasteiger partial charge in [-0.2, -0.15) is 0 Å². The van der Waals surface area contributed by atoms with E-state index in [0.717, 1.165) is 37.7 Å².